The summed E-state index contributed by atoms with van der Waals surface area (Å²) in [6.07, 6.45) is 81.2. The lowest BCUT2D eigenvalue weighted by Crippen LogP contribution is -2.30. The number of esters is 3. The van der Waals surface area contributed by atoms with E-state index in [4.69, 9.17) is 14.2 Å². The molecule has 0 rings (SSSR count). The molecule has 0 amide bonds. The molecule has 0 aromatic carbocycles. The Morgan fingerprint density at radius 1 is 0.244 bits per heavy atom. The molecule has 0 heterocycles. The predicted molar refractivity (Wildman–Crippen MR) is 340 cm³/mol. The van der Waals surface area contributed by atoms with Crippen LogP contribution in [-0.4, -0.2) is 37.2 Å². The van der Waals surface area contributed by atoms with Crippen LogP contribution in [0.15, 0.2) is 12.2 Å². The Labute approximate surface area is 488 Å². The monoisotopic (exact) mass is 1100 g/mol. The lowest BCUT2D eigenvalue weighted by atomic mass is 10.0. The number of ether oxygens (including phenoxy) is 3. The summed E-state index contributed by atoms with van der Waals surface area (Å²) in [5.74, 6) is -0.829. The molecule has 1 unspecified atom stereocenters. The smallest absolute Gasteiger partial charge is 0.306 e. The zero-order valence-corrected chi connectivity index (χ0v) is 53.2. The third kappa shape index (κ3) is 65.0. The Hall–Kier alpha value is -1.85. The molecule has 0 N–H and O–H groups in total. The van der Waals surface area contributed by atoms with E-state index in [0.717, 1.165) is 57.8 Å². The molecular formula is C72H138O6. The van der Waals surface area contributed by atoms with Gasteiger partial charge in [-0.1, -0.05) is 360 Å². The Kier molecular flexibility index (Phi) is 66.0. The standard InChI is InChI=1S/C72H138O6/c1-4-7-10-13-16-19-22-24-26-28-30-32-33-34-35-36-37-38-39-41-42-44-46-48-50-53-56-59-62-65-71(74)77-68-69(67-76-70(73)64-61-58-55-52-21-18-15-12-9-6-3)78-72(75)66-63-60-57-54-51-49-47-45-43-40-31-29-27-25-23-20-17-14-11-8-5-2/h28,30,69H,4-27,29,31-68H2,1-3H3/b30-28-. The van der Waals surface area contributed by atoms with Crippen molar-refractivity contribution in [2.24, 2.45) is 0 Å². The van der Waals surface area contributed by atoms with Crippen molar-refractivity contribution in [2.45, 2.75) is 419 Å². The number of allylic oxidation sites excluding steroid dienone is 2. The van der Waals surface area contributed by atoms with Crippen LogP contribution in [0.3, 0.4) is 0 Å². The third-order valence-corrected chi connectivity index (χ3v) is 16.5. The van der Waals surface area contributed by atoms with Crippen LogP contribution in [0.1, 0.15) is 412 Å². The maximum Gasteiger partial charge on any atom is 0.306 e. The highest BCUT2D eigenvalue weighted by molar-refractivity contribution is 5.71. The van der Waals surface area contributed by atoms with Crippen molar-refractivity contribution < 1.29 is 28.6 Å². The minimum atomic E-state index is -0.764. The average molecular weight is 1100 g/mol. The molecular weight excluding hydrogens is 961 g/mol. The van der Waals surface area contributed by atoms with Gasteiger partial charge in [0.05, 0.1) is 0 Å². The molecule has 0 spiro atoms. The molecule has 0 saturated heterocycles. The quantitative estimate of drug-likeness (QED) is 0.0261. The van der Waals surface area contributed by atoms with E-state index < -0.39 is 6.10 Å². The molecule has 0 radical (unpaired) electrons. The first kappa shape index (κ1) is 76.1. The minimum absolute atomic E-state index is 0.0623. The predicted octanol–water partition coefficient (Wildman–Crippen LogP) is 24.4. The van der Waals surface area contributed by atoms with Crippen LogP contribution in [0.4, 0.5) is 0 Å². The molecule has 462 valence electrons. The van der Waals surface area contributed by atoms with E-state index in [-0.39, 0.29) is 31.1 Å². The van der Waals surface area contributed by atoms with Crippen molar-refractivity contribution in [1.82, 2.24) is 0 Å². The molecule has 6 nitrogen and oxygen atoms in total. The number of hydrogen-bond donors (Lipinski definition) is 0. The van der Waals surface area contributed by atoms with E-state index in [2.05, 4.69) is 32.9 Å². The normalized spacial score (nSPS) is 12.0. The van der Waals surface area contributed by atoms with Crippen LogP contribution >= 0.6 is 0 Å². The van der Waals surface area contributed by atoms with Crippen LogP contribution in [0.5, 0.6) is 0 Å². The van der Waals surface area contributed by atoms with E-state index in [1.807, 2.05) is 0 Å². The number of rotatable bonds is 67. The molecule has 0 saturated carbocycles. The summed E-state index contributed by atoms with van der Waals surface area (Å²) >= 11 is 0. The van der Waals surface area contributed by atoms with Gasteiger partial charge in [0.25, 0.3) is 0 Å². The van der Waals surface area contributed by atoms with E-state index in [0.29, 0.717) is 19.3 Å². The van der Waals surface area contributed by atoms with Crippen molar-refractivity contribution in [3.8, 4) is 0 Å². The van der Waals surface area contributed by atoms with Crippen molar-refractivity contribution >= 4 is 17.9 Å². The Bertz CT molecular complexity index is 1210. The average Bonchev–Trinajstić information content (AvgIpc) is 3.44. The summed E-state index contributed by atoms with van der Waals surface area (Å²) in [4.78, 5) is 38.3. The van der Waals surface area contributed by atoms with Crippen molar-refractivity contribution in [2.75, 3.05) is 13.2 Å². The van der Waals surface area contributed by atoms with Crippen molar-refractivity contribution in [3.63, 3.8) is 0 Å². The highest BCUT2D eigenvalue weighted by Crippen LogP contribution is 2.19. The lowest BCUT2D eigenvalue weighted by Gasteiger charge is -2.18. The molecule has 1 atom stereocenters. The van der Waals surface area contributed by atoms with E-state index in [1.54, 1.807) is 0 Å². The van der Waals surface area contributed by atoms with Gasteiger partial charge < -0.3 is 14.2 Å². The number of carbonyl (C=O) groups is 3. The van der Waals surface area contributed by atoms with Gasteiger partial charge in [0.2, 0.25) is 0 Å². The Morgan fingerprint density at radius 2 is 0.423 bits per heavy atom. The van der Waals surface area contributed by atoms with Crippen molar-refractivity contribution in [3.05, 3.63) is 12.2 Å². The molecule has 0 aliphatic rings. The fourth-order valence-electron chi connectivity index (χ4n) is 11.2. The molecule has 0 fully saturated rings. The van der Waals surface area contributed by atoms with Gasteiger partial charge >= 0.3 is 17.9 Å². The van der Waals surface area contributed by atoms with Crippen LogP contribution < -0.4 is 0 Å². The maximum atomic E-state index is 12.9. The van der Waals surface area contributed by atoms with E-state index in [1.165, 1.54) is 315 Å². The van der Waals surface area contributed by atoms with Gasteiger partial charge in [0.15, 0.2) is 6.10 Å². The molecule has 0 aliphatic heterocycles. The van der Waals surface area contributed by atoms with Gasteiger partial charge in [-0.3, -0.25) is 14.4 Å². The first-order valence-corrected chi connectivity index (χ1v) is 35.7. The van der Waals surface area contributed by atoms with E-state index in [9.17, 15) is 14.4 Å². The molecule has 0 aromatic rings. The zero-order valence-electron chi connectivity index (χ0n) is 53.2. The lowest BCUT2D eigenvalue weighted by molar-refractivity contribution is -0.167. The van der Waals surface area contributed by atoms with Gasteiger partial charge in [-0.05, 0) is 44.9 Å². The topological polar surface area (TPSA) is 78.9 Å². The third-order valence-electron chi connectivity index (χ3n) is 16.5. The SMILES string of the molecule is CCCCCCCCCC/C=C\CCCCCCCCCCCCCCCCCCCC(=O)OCC(COC(=O)CCCCCCCCCCCC)OC(=O)CCCCCCCCCCCCCCCCCCCCCCC. The molecule has 0 aliphatic carbocycles. The second-order valence-corrected chi connectivity index (χ2v) is 24.5. The van der Waals surface area contributed by atoms with E-state index >= 15 is 0 Å². The summed E-state index contributed by atoms with van der Waals surface area (Å²) in [5.41, 5.74) is 0. The fraction of sp³-hybridized carbons (Fsp3) is 0.931. The first-order chi connectivity index (χ1) is 38.5. The van der Waals surface area contributed by atoms with Crippen LogP contribution in [0.25, 0.3) is 0 Å². The Balaban J connectivity index is 4.09. The highest BCUT2D eigenvalue weighted by atomic mass is 16.6. The van der Waals surface area contributed by atoms with Crippen LogP contribution in [0, 0.1) is 0 Å². The van der Waals surface area contributed by atoms with Crippen molar-refractivity contribution in [1.29, 1.82) is 0 Å². The first-order valence-electron chi connectivity index (χ1n) is 35.7. The van der Waals surface area contributed by atoms with Gasteiger partial charge in [-0.2, -0.15) is 0 Å². The molecule has 78 heavy (non-hydrogen) atoms. The van der Waals surface area contributed by atoms with Gasteiger partial charge in [-0.25, -0.2) is 0 Å². The Morgan fingerprint density at radius 3 is 0.641 bits per heavy atom. The highest BCUT2D eigenvalue weighted by Gasteiger charge is 2.19. The summed E-state index contributed by atoms with van der Waals surface area (Å²) < 4.78 is 17.0. The summed E-state index contributed by atoms with van der Waals surface area (Å²) in [6, 6.07) is 0. The summed E-state index contributed by atoms with van der Waals surface area (Å²) in [6.45, 7) is 6.71. The van der Waals surface area contributed by atoms with Crippen LogP contribution in [-0.2, 0) is 28.6 Å². The minimum Gasteiger partial charge on any atom is -0.462 e. The second-order valence-electron chi connectivity index (χ2n) is 24.5. The summed E-state index contributed by atoms with van der Waals surface area (Å²) in [5, 5.41) is 0. The number of unbranched alkanes of at least 4 members (excludes halogenated alkanes) is 54. The molecule has 6 heteroatoms. The molecule has 0 aromatic heterocycles. The van der Waals surface area contributed by atoms with Gasteiger partial charge in [-0.15, -0.1) is 0 Å². The van der Waals surface area contributed by atoms with Crippen LogP contribution in [0.2, 0.25) is 0 Å². The molecule has 0 bridgehead atoms. The number of hydrogen-bond acceptors (Lipinski definition) is 6. The number of carbonyl (C=O) groups excluding carboxylic acids is 3. The zero-order chi connectivity index (χ0) is 56.4. The second kappa shape index (κ2) is 67.7. The fourth-order valence-corrected chi connectivity index (χ4v) is 11.2. The summed E-state index contributed by atoms with van der Waals surface area (Å²) in [7, 11) is 0. The van der Waals surface area contributed by atoms with Gasteiger partial charge in [0, 0.05) is 19.3 Å². The van der Waals surface area contributed by atoms with Gasteiger partial charge in [0.1, 0.15) is 13.2 Å². The maximum absolute atomic E-state index is 12.9. The largest absolute Gasteiger partial charge is 0.462 e.